The Morgan fingerprint density at radius 2 is 1.97 bits per heavy atom. The molecule has 6 rings (SSSR count). The fourth-order valence-corrected chi connectivity index (χ4v) is 5.00. The van der Waals surface area contributed by atoms with E-state index in [-0.39, 0.29) is 6.04 Å². The second-order valence-corrected chi connectivity index (χ2v) is 9.50. The average molecular weight is 500 g/mol. The van der Waals surface area contributed by atoms with Gasteiger partial charge in [-0.05, 0) is 53.1 Å². The van der Waals surface area contributed by atoms with Crippen molar-refractivity contribution in [3.8, 4) is 0 Å². The van der Waals surface area contributed by atoms with Crippen LogP contribution in [0.2, 0.25) is 5.02 Å². The lowest BCUT2D eigenvalue weighted by Gasteiger charge is -2.35. The molecule has 36 heavy (non-hydrogen) atoms. The van der Waals surface area contributed by atoms with Gasteiger partial charge in [-0.1, -0.05) is 35.9 Å². The number of halogens is 1. The van der Waals surface area contributed by atoms with Crippen LogP contribution in [0, 0.1) is 0 Å². The van der Waals surface area contributed by atoms with Crippen molar-refractivity contribution in [2.45, 2.75) is 19.0 Å². The molecule has 1 atom stereocenters. The first-order chi connectivity index (χ1) is 17.6. The van der Waals surface area contributed by atoms with E-state index in [2.05, 4.69) is 60.9 Å². The van der Waals surface area contributed by atoms with Crippen molar-refractivity contribution in [2.75, 3.05) is 30.3 Å². The van der Waals surface area contributed by atoms with Crippen LogP contribution in [-0.4, -0.2) is 49.8 Å². The number of aromatic nitrogens is 6. The number of aromatic amines is 1. The molecule has 2 aromatic carbocycles. The first kappa shape index (κ1) is 22.5. The topological polar surface area (TPSA) is 114 Å². The quantitative estimate of drug-likeness (QED) is 0.327. The van der Waals surface area contributed by atoms with Crippen LogP contribution in [0.4, 0.5) is 11.5 Å². The normalized spacial score (nSPS) is 16.0. The molecular formula is C26H26ClN9. The van der Waals surface area contributed by atoms with Crippen molar-refractivity contribution in [1.82, 2.24) is 35.5 Å². The monoisotopic (exact) mass is 499 g/mol. The number of fused-ring (bicyclic) bond motifs is 1. The smallest absolute Gasteiger partial charge is 0.203 e. The lowest BCUT2D eigenvalue weighted by molar-refractivity contribution is 0.472. The zero-order chi connectivity index (χ0) is 24.5. The van der Waals surface area contributed by atoms with Crippen molar-refractivity contribution >= 4 is 34.3 Å². The zero-order valence-electron chi connectivity index (χ0n) is 19.6. The van der Waals surface area contributed by atoms with Crippen LogP contribution in [0.25, 0.3) is 11.2 Å². The minimum atomic E-state index is 0.244. The van der Waals surface area contributed by atoms with Gasteiger partial charge in [0.05, 0.1) is 12.2 Å². The number of benzene rings is 2. The second-order valence-electron chi connectivity index (χ2n) is 9.06. The Kier molecular flexibility index (Phi) is 6.00. The Bertz CT molecular complexity index is 1510. The highest BCUT2D eigenvalue weighted by Crippen LogP contribution is 2.25. The number of rotatable bonds is 6. The number of pyridine rings is 1. The second kappa shape index (κ2) is 9.60. The molecule has 0 aliphatic carbocycles. The molecule has 0 amide bonds. The summed E-state index contributed by atoms with van der Waals surface area (Å²) in [5.74, 6) is 0.424. The van der Waals surface area contributed by atoms with E-state index >= 15 is 0 Å². The fourth-order valence-electron chi connectivity index (χ4n) is 4.81. The molecule has 1 saturated heterocycles. The molecule has 4 heterocycles. The molecule has 10 heteroatoms. The Hall–Kier alpha value is -3.95. The maximum atomic E-state index is 6.22. The van der Waals surface area contributed by atoms with Crippen LogP contribution >= 0.6 is 11.6 Å². The Morgan fingerprint density at radius 3 is 2.89 bits per heavy atom. The molecule has 9 nitrogen and oxygen atoms in total. The molecule has 0 saturated carbocycles. The highest BCUT2D eigenvalue weighted by atomic mass is 35.5. The predicted octanol–water partition coefficient (Wildman–Crippen LogP) is 3.58. The first-order valence-electron chi connectivity index (χ1n) is 11.9. The van der Waals surface area contributed by atoms with Gasteiger partial charge in [0.15, 0.2) is 0 Å². The molecule has 0 spiro atoms. The fraction of sp³-hybridized carbons (Fsp3) is 0.231. The van der Waals surface area contributed by atoms with Gasteiger partial charge in [0.25, 0.3) is 0 Å². The number of H-pyrrole nitrogens is 1. The molecule has 1 unspecified atom stereocenters. The largest absolute Gasteiger partial charge is 0.384 e. The maximum Gasteiger partial charge on any atom is 0.203 e. The summed E-state index contributed by atoms with van der Waals surface area (Å²) in [7, 11) is 0. The summed E-state index contributed by atoms with van der Waals surface area (Å²) in [6, 6.07) is 20.9. The van der Waals surface area contributed by atoms with Gasteiger partial charge in [-0.25, -0.2) is 4.98 Å². The van der Waals surface area contributed by atoms with Crippen molar-refractivity contribution in [2.24, 2.45) is 0 Å². The van der Waals surface area contributed by atoms with Gasteiger partial charge in [0.1, 0.15) is 11.3 Å². The highest BCUT2D eigenvalue weighted by molar-refractivity contribution is 6.30. The summed E-state index contributed by atoms with van der Waals surface area (Å²) in [5.41, 5.74) is 12.7. The van der Waals surface area contributed by atoms with Crippen molar-refractivity contribution in [3.63, 3.8) is 0 Å². The third-order valence-electron chi connectivity index (χ3n) is 6.50. The number of nitrogen functional groups attached to an aromatic ring is 1. The van der Waals surface area contributed by atoms with Crippen LogP contribution in [0.1, 0.15) is 28.4 Å². The van der Waals surface area contributed by atoms with Crippen molar-refractivity contribution in [3.05, 3.63) is 94.3 Å². The molecule has 3 aromatic heterocycles. The summed E-state index contributed by atoms with van der Waals surface area (Å²) in [6.45, 7) is 3.46. The number of nitrogens with one attached hydrogen (secondary N) is 2. The van der Waals surface area contributed by atoms with E-state index in [1.54, 1.807) is 0 Å². The third kappa shape index (κ3) is 4.75. The number of piperazine rings is 1. The van der Waals surface area contributed by atoms with E-state index < -0.39 is 0 Å². The molecule has 182 valence electrons. The van der Waals surface area contributed by atoms with E-state index in [9.17, 15) is 0 Å². The molecule has 4 N–H and O–H groups in total. The van der Waals surface area contributed by atoms with Crippen molar-refractivity contribution in [1.29, 1.82) is 0 Å². The maximum absolute atomic E-state index is 6.22. The summed E-state index contributed by atoms with van der Waals surface area (Å²) < 4.78 is 1.96. The van der Waals surface area contributed by atoms with Crippen LogP contribution in [-0.2, 0) is 13.0 Å². The molecule has 1 fully saturated rings. The molecule has 0 radical (unpaired) electrons. The van der Waals surface area contributed by atoms with Gasteiger partial charge in [0.2, 0.25) is 5.65 Å². The van der Waals surface area contributed by atoms with Crippen LogP contribution in [0.5, 0.6) is 0 Å². The summed E-state index contributed by atoms with van der Waals surface area (Å²) in [4.78, 5) is 6.63. The SMILES string of the molecule is Nc1cc(Cc2ccn(Cc3cccc(N4CCNC(c5cccc(Cl)c5)C4)c3)n2)c2n[nH]nc2n1. The van der Waals surface area contributed by atoms with Gasteiger partial charge in [-0.15, -0.1) is 5.10 Å². The van der Waals surface area contributed by atoms with E-state index in [1.165, 1.54) is 16.8 Å². The van der Waals surface area contributed by atoms with Gasteiger partial charge in [0, 0.05) is 49.0 Å². The number of nitrogens with zero attached hydrogens (tertiary/aromatic N) is 6. The number of anilines is 2. The van der Waals surface area contributed by atoms with Gasteiger partial charge >= 0.3 is 0 Å². The van der Waals surface area contributed by atoms with Gasteiger partial charge in [-0.3, -0.25) is 4.68 Å². The van der Waals surface area contributed by atoms with Crippen molar-refractivity contribution < 1.29 is 0 Å². The lowest BCUT2D eigenvalue weighted by Crippen LogP contribution is -2.45. The Morgan fingerprint density at radius 1 is 1.06 bits per heavy atom. The summed E-state index contributed by atoms with van der Waals surface area (Å²) in [6.07, 6.45) is 2.61. The number of hydrogen-bond acceptors (Lipinski definition) is 7. The third-order valence-corrected chi connectivity index (χ3v) is 6.74. The van der Waals surface area contributed by atoms with Crippen LogP contribution in [0.3, 0.4) is 0 Å². The molecule has 5 aromatic rings. The minimum Gasteiger partial charge on any atom is -0.384 e. The van der Waals surface area contributed by atoms with E-state index in [0.29, 0.717) is 24.4 Å². The predicted molar refractivity (Wildman–Crippen MR) is 141 cm³/mol. The molecule has 1 aliphatic rings. The van der Waals surface area contributed by atoms with Gasteiger partial charge in [-0.2, -0.15) is 15.4 Å². The minimum absolute atomic E-state index is 0.244. The molecular weight excluding hydrogens is 474 g/mol. The van der Waals surface area contributed by atoms with Crippen LogP contribution < -0.4 is 16.0 Å². The lowest BCUT2D eigenvalue weighted by atomic mass is 10.0. The molecule has 0 bridgehead atoms. The molecule has 1 aliphatic heterocycles. The zero-order valence-corrected chi connectivity index (χ0v) is 20.4. The summed E-state index contributed by atoms with van der Waals surface area (Å²) in [5, 5.41) is 20.0. The Labute approximate surface area is 213 Å². The van der Waals surface area contributed by atoms with E-state index in [4.69, 9.17) is 22.4 Å². The highest BCUT2D eigenvalue weighted by Gasteiger charge is 2.21. The standard InChI is InChI=1S/C26H26ClN9/c27-20-5-2-4-18(12-20)23-16-35(10-8-29-23)22-6-1-3-17(11-22)15-36-9-7-21(33-36)13-19-14-24(28)30-26-25(19)31-34-32-26/h1-7,9,11-12,14,23,29H,8,10,13,15-16H2,(H3,28,30,31,32,34). The van der Waals surface area contributed by atoms with Gasteiger partial charge < -0.3 is 16.0 Å². The first-order valence-corrected chi connectivity index (χ1v) is 12.3. The Balaban J connectivity index is 1.16. The number of nitrogens with two attached hydrogens (primary N) is 1. The average Bonchev–Trinajstić information content (AvgIpc) is 3.54. The van der Waals surface area contributed by atoms with E-state index in [0.717, 1.165) is 41.4 Å². The summed E-state index contributed by atoms with van der Waals surface area (Å²) >= 11 is 6.22. The number of hydrogen-bond donors (Lipinski definition) is 3. The van der Waals surface area contributed by atoms with E-state index in [1.807, 2.05) is 41.2 Å². The van der Waals surface area contributed by atoms with Crippen LogP contribution in [0.15, 0.2) is 66.9 Å².